The zero-order valence-electron chi connectivity index (χ0n) is 15.7. The van der Waals surface area contributed by atoms with Crippen molar-refractivity contribution in [2.45, 2.75) is 51.6 Å². The molecule has 0 spiro atoms. The Morgan fingerprint density at radius 3 is 2.81 bits per heavy atom. The van der Waals surface area contributed by atoms with Crippen molar-refractivity contribution in [1.29, 1.82) is 0 Å². The number of carbonyl (C=O) groups excluding carboxylic acids is 1. The molecular weight excluding hydrogens is 328 g/mol. The zero-order chi connectivity index (χ0) is 18.4. The summed E-state index contributed by atoms with van der Waals surface area (Å²) in [6, 6.07) is 10.7. The maximum atomic E-state index is 12.6. The molecule has 0 saturated carbocycles. The first-order chi connectivity index (χ1) is 12.6. The number of rotatable bonds is 6. The summed E-state index contributed by atoms with van der Waals surface area (Å²) in [5.74, 6) is 1.60. The Kier molecular flexibility index (Phi) is 6.39. The van der Waals surface area contributed by atoms with Crippen molar-refractivity contribution < 1.29 is 9.32 Å². The molecule has 1 aromatic heterocycles. The van der Waals surface area contributed by atoms with Gasteiger partial charge >= 0.3 is 0 Å². The van der Waals surface area contributed by atoms with Crippen LogP contribution in [-0.2, 0) is 17.8 Å². The SMILES string of the molecule is Cc1nc(CN(C)[C@@H]2CCCN(C(=O)CCc3ccccc3)CC2)no1. The predicted octanol–water partition coefficient (Wildman–Crippen LogP) is 2.82. The second-order valence-electron chi connectivity index (χ2n) is 7.10. The molecule has 1 amide bonds. The van der Waals surface area contributed by atoms with Crippen LogP contribution in [0.1, 0.15) is 43.0 Å². The first-order valence-corrected chi connectivity index (χ1v) is 9.43. The van der Waals surface area contributed by atoms with E-state index < -0.39 is 0 Å². The first-order valence-electron chi connectivity index (χ1n) is 9.43. The molecule has 1 aliphatic heterocycles. The number of carbonyl (C=O) groups is 1. The lowest BCUT2D eigenvalue weighted by Crippen LogP contribution is -2.35. The van der Waals surface area contributed by atoms with E-state index in [0.29, 0.717) is 24.9 Å². The number of aryl methyl sites for hydroxylation is 2. The standard InChI is InChI=1S/C20H28N4O2/c1-16-21-19(22-26-16)15-23(2)18-9-6-13-24(14-12-18)20(25)11-10-17-7-4-3-5-8-17/h3-5,7-8,18H,6,9-15H2,1-2H3/t18-/m1/s1. The van der Waals surface area contributed by atoms with E-state index in [-0.39, 0.29) is 5.91 Å². The van der Waals surface area contributed by atoms with Crippen LogP contribution in [0.15, 0.2) is 34.9 Å². The molecule has 1 aliphatic rings. The minimum absolute atomic E-state index is 0.269. The number of nitrogens with zero attached hydrogens (tertiary/aromatic N) is 4. The summed E-state index contributed by atoms with van der Waals surface area (Å²) in [6.45, 7) is 4.18. The molecule has 0 aliphatic carbocycles. The van der Waals surface area contributed by atoms with Gasteiger partial charge < -0.3 is 9.42 Å². The molecule has 6 heteroatoms. The van der Waals surface area contributed by atoms with E-state index in [4.69, 9.17) is 4.52 Å². The second-order valence-corrected chi connectivity index (χ2v) is 7.10. The molecule has 1 fully saturated rings. The van der Waals surface area contributed by atoms with E-state index in [1.54, 1.807) is 6.92 Å². The summed E-state index contributed by atoms with van der Waals surface area (Å²) in [5, 5.41) is 3.98. The highest BCUT2D eigenvalue weighted by molar-refractivity contribution is 5.76. The molecule has 6 nitrogen and oxygen atoms in total. The molecule has 26 heavy (non-hydrogen) atoms. The highest BCUT2D eigenvalue weighted by Gasteiger charge is 2.23. The smallest absolute Gasteiger partial charge is 0.223 e. The van der Waals surface area contributed by atoms with Crippen LogP contribution >= 0.6 is 0 Å². The summed E-state index contributed by atoms with van der Waals surface area (Å²) in [4.78, 5) is 21.2. The molecule has 1 aromatic carbocycles. The second kappa shape index (κ2) is 8.94. The Bertz CT molecular complexity index is 701. The van der Waals surface area contributed by atoms with Crippen molar-refractivity contribution in [2.24, 2.45) is 0 Å². The summed E-state index contributed by atoms with van der Waals surface area (Å²) in [5.41, 5.74) is 1.23. The van der Waals surface area contributed by atoms with Crippen molar-refractivity contribution in [3.8, 4) is 0 Å². The van der Waals surface area contributed by atoms with Gasteiger partial charge in [-0.05, 0) is 38.3 Å². The largest absolute Gasteiger partial charge is 0.343 e. The van der Waals surface area contributed by atoms with Crippen molar-refractivity contribution in [3.05, 3.63) is 47.6 Å². The number of amides is 1. The fraction of sp³-hybridized carbons (Fsp3) is 0.550. The van der Waals surface area contributed by atoms with Crippen molar-refractivity contribution in [1.82, 2.24) is 19.9 Å². The van der Waals surface area contributed by atoms with Gasteiger partial charge in [-0.15, -0.1) is 0 Å². The quantitative estimate of drug-likeness (QED) is 0.796. The number of likely N-dealkylation sites (tertiary alicyclic amines) is 1. The first kappa shape index (κ1) is 18.6. The van der Waals surface area contributed by atoms with Crippen LogP contribution in [0.25, 0.3) is 0 Å². The van der Waals surface area contributed by atoms with Crippen molar-refractivity contribution >= 4 is 5.91 Å². The van der Waals surface area contributed by atoms with Crippen molar-refractivity contribution in [3.63, 3.8) is 0 Å². The lowest BCUT2D eigenvalue weighted by Gasteiger charge is -2.26. The molecule has 0 radical (unpaired) electrons. The van der Waals surface area contributed by atoms with Crippen LogP contribution in [-0.4, -0.2) is 52.0 Å². The average Bonchev–Trinajstić information content (AvgIpc) is 2.91. The third-order valence-electron chi connectivity index (χ3n) is 5.10. The molecule has 1 saturated heterocycles. The number of benzene rings is 1. The Morgan fingerprint density at radius 2 is 2.08 bits per heavy atom. The van der Waals surface area contributed by atoms with E-state index in [1.807, 2.05) is 23.1 Å². The summed E-state index contributed by atoms with van der Waals surface area (Å²) >= 11 is 0. The minimum atomic E-state index is 0.269. The Hall–Kier alpha value is -2.21. The third kappa shape index (κ3) is 5.14. The van der Waals surface area contributed by atoms with Gasteiger partial charge in [0.2, 0.25) is 11.8 Å². The maximum Gasteiger partial charge on any atom is 0.223 e. The molecule has 0 N–H and O–H groups in total. The molecule has 0 bridgehead atoms. The normalized spacial score (nSPS) is 18.1. The lowest BCUT2D eigenvalue weighted by molar-refractivity contribution is -0.131. The summed E-state index contributed by atoms with van der Waals surface area (Å²) in [7, 11) is 2.10. The Morgan fingerprint density at radius 1 is 1.27 bits per heavy atom. The molecule has 3 rings (SSSR count). The van der Waals surface area contributed by atoms with E-state index in [0.717, 1.165) is 44.6 Å². The van der Waals surface area contributed by atoms with Crippen LogP contribution in [0, 0.1) is 6.92 Å². The molecule has 2 aromatic rings. The number of hydrogen-bond donors (Lipinski definition) is 0. The van der Waals surface area contributed by atoms with Crippen molar-refractivity contribution in [2.75, 3.05) is 20.1 Å². The van der Waals surface area contributed by atoms with E-state index >= 15 is 0 Å². The fourth-order valence-electron chi connectivity index (χ4n) is 3.58. The summed E-state index contributed by atoms with van der Waals surface area (Å²) < 4.78 is 5.05. The van der Waals surface area contributed by atoms with Gasteiger partial charge in [0.15, 0.2) is 5.82 Å². The van der Waals surface area contributed by atoms with E-state index in [1.165, 1.54) is 5.56 Å². The van der Waals surface area contributed by atoms with Gasteiger partial charge in [0.25, 0.3) is 0 Å². The molecule has 140 valence electrons. The van der Waals surface area contributed by atoms with Gasteiger partial charge in [-0.1, -0.05) is 35.5 Å². The predicted molar refractivity (Wildman–Crippen MR) is 99.5 cm³/mol. The van der Waals surface area contributed by atoms with Gasteiger partial charge in [0.05, 0.1) is 6.54 Å². The Balaban J connectivity index is 1.47. The number of aromatic nitrogens is 2. The summed E-state index contributed by atoms with van der Waals surface area (Å²) in [6.07, 6.45) is 4.53. The topological polar surface area (TPSA) is 62.5 Å². The van der Waals surface area contributed by atoms with Gasteiger partial charge in [-0.2, -0.15) is 4.98 Å². The molecule has 2 heterocycles. The van der Waals surface area contributed by atoms with Crippen LogP contribution in [0.2, 0.25) is 0 Å². The Labute approximate surface area is 155 Å². The van der Waals surface area contributed by atoms with Gasteiger partial charge in [0.1, 0.15) is 0 Å². The lowest BCUT2D eigenvalue weighted by atomic mass is 10.1. The monoisotopic (exact) mass is 356 g/mol. The third-order valence-corrected chi connectivity index (χ3v) is 5.10. The zero-order valence-corrected chi connectivity index (χ0v) is 15.7. The van der Waals surface area contributed by atoms with E-state index in [2.05, 4.69) is 34.2 Å². The van der Waals surface area contributed by atoms with Crippen LogP contribution in [0.5, 0.6) is 0 Å². The highest BCUT2D eigenvalue weighted by atomic mass is 16.5. The minimum Gasteiger partial charge on any atom is -0.343 e. The molecular formula is C20H28N4O2. The van der Waals surface area contributed by atoms with Gasteiger partial charge in [-0.3, -0.25) is 9.69 Å². The average molecular weight is 356 g/mol. The molecule has 0 unspecified atom stereocenters. The number of hydrogen-bond acceptors (Lipinski definition) is 5. The molecule has 1 atom stereocenters. The van der Waals surface area contributed by atoms with E-state index in [9.17, 15) is 4.79 Å². The fourth-order valence-corrected chi connectivity index (χ4v) is 3.58. The highest BCUT2D eigenvalue weighted by Crippen LogP contribution is 2.18. The van der Waals surface area contributed by atoms with Crippen LogP contribution < -0.4 is 0 Å². The van der Waals surface area contributed by atoms with Crippen LogP contribution in [0.3, 0.4) is 0 Å². The van der Waals surface area contributed by atoms with Gasteiger partial charge in [-0.25, -0.2) is 0 Å². The maximum absolute atomic E-state index is 12.6. The van der Waals surface area contributed by atoms with Gasteiger partial charge in [0, 0.05) is 32.5 Å². The van der Waals surface area contributed by atoms with Crippen LogP contribution in [0.4, 0.5) is 0 Å².